The Bertz CT molecular complexity index is 259. The third kappa shape index (κ3) is 3.61. The van der Waals surface area contributed by atoms with Crippen LogP contribution in [0, 0.1) is 0 Å². The summed E-state index contributed by atoms with van der Waals surface area (Å²) in [5, 5.41) is 19.0. The lowest BCUT2D eigenvalue weighted by Gasteiger charge is -2.05. The fourth-order valence-electron chi connectivity index (χ4n) is 0.644. The lowest BCUT2D eigenvalue weighted by atomic mass is 10.4. The van der Waals surface area contributed by atoms with Gasteiger partial charge in [0.25, 0.3) is 0 Å². The van der Waals surface area contributed by atoms with Gasteiger partial charge in [-0.15, -0.1) is 5.10 Å². The molecule has 0 bridgehead atoms. The van der Waals surface area contributed by atoms with Crippen LogP contribution in [0.2, 0.25) is 0 Å². The number of aliphatic hydroxyl groups is 1. The molecule has 0 spiro atoms. The van der Waals surface area contributed by atoms with E-state index in [4.69, 9.17) is 5.11 Å². The van der Waals surface area contributed by atoms with E-state index < -0.39 is 12.1 Å². The first-order chi connectivity index (χ1) is 6.18. The number of nitrogens with zero attached hydrogens (tertiary/aromatic N) is 4. The van der Waals surface area contributed by atoms with Crippen molar-refractivity contribution >= 4 is 5.97 Å². The van der Waals surface area contributed by atoms with Crippen molar-refractivity contribution in [2.24, 2.45) is 0 Å². The van der Waals surface area contributed by atoms with E-state index in [1.807, 2.05) is 0 Å². The van der Waals surface area contributed by atoms with Crippen molar-refractivity contribution in [2.45, 2.75) is 19.6 Å². The number of ether oxygens (including phenoxy) is 1. The summed E-state index contributed by atoms with van der Waals surface area (Å²) in [5.74, 6) is -0.479. The first kappa shape index (κ1) is 9.59. The molecule has 1 aromatic heterocycles. The zero-order valence-electron chi connectivity index (χ0n) is 7.12. The Morgan fingerprint density at radius 1 is 1.77 bits per heavy atom. The van der Waals surface area contributed by atoms with Crippen LogP contribution in [0.5, 0.6) is 0 Å². The monoisotopic (exact) mass is 186 g/mol. The van der Waals surface area contributed by atoms with Gasteiger partial charge in [-0.3, -0.25) is 4.79 Å². The molecule has 0 saturated heterocycles. The van der Waals surface area contributed by atoms with Crippen LogP contribution in [0.1, 0.15) is 6.92 Å². The summed E-state index contributed by atoms with van der Waals surface area (Å²) in [5.41, 5.74) is 0. The molecule has 1 unspecified atom stereocenters. The summed E-state index contributed by atoms with van der Waals surface area (Å²) in [6.07, 6.45) is 0.654. The number of aromatic nitrogens is 4. The van der Waals surface area contributed by atoms with Gasteiger partial charge in [-0.1, -0.05) is 0 Å². The average Bonchev–Trinajstić information content (AvgIpc) is 2.53. The lowest BCUT2D eigenvalue weighted by Crippen LogP contribution is -2.19. The molecule has 72 valence electrons. The molecular weight excluding hydrogens is 176 g/mol. The molecule has 0 aliphatic carbocycles. The second-order valence-corrected chi connectivity index (χ2v) is 2.54. The Hall–Kier alpha value is -1.50. The number of rotatable bonds is 4. The van der Waals surface area contributed by atoms with Crippen LogP contribution in [0.25, 0.3) is 0 Å². The number of aliphatic hydroxyl groups excluding tert-OH is 1. The maximum atomic E-state index is 11.0. The van der Waals surface area contributed by atoms with Crippen LogP contribution in [0.15, 0.2) is 6.33 Å². The molecule has 0 radical (unpaired) electrons. The van der Waals surface area contributed by atoms with Crippen molar-refractivity contribution in [1.29, 1.82) is 0 Å². The summed E-state index contributed by atoms with van der Waals surface area (Å²) in [6, 6.07) is 0. The summed E-state index contributed by atoms with van der Waals surface area (Å²) in [7, 11) is 0. The third-order valence-electron chi connectivity index (χ3n) is 1.17. The van der Waals surface area contributed by atoms with Crippen molar-refractivity contribution < 1.29 is 14.6 Å². The molecule has 7 heteroatoms. The molecular formula is C6H10N4O3. The molecule has 1 atom stereocenters. The number of tetrazole rings is 1. The van der Waals surface area contributed by atoms with Gasteiger partial charge in [-0.25, -0.2) is 4.68 Å². The standard InChI is InChI=1S/C6H10N4O3/c1-5(11)3-13-6(12)2-10-4-7-8-9-10/h4-5,11H,2-3H2,1H3. The lowest BCUT2D eigenvalue weighted by molar-refractivity contribution is -0.147. The van der Waals surface area contributed by atoms with E-state index in [1.54, 1.807) is 0 Å². The van der Waals surface area contributed by atoms with Crippen molar-refractivity contribution in [3.8, 4) is 0 Å². The predicted octanol–water partition coefficient (Wildman–Crippen LogP) is -1.40. The second-order valence-electron chi connectivity index (χ2n) is 2.54. The average molecular weight is 186 g/mol. The van der Waals surface area contributed by atoms with E-state index in [-0.39, 0.29) is 13.2 Å². The molecule has 0 amide bonds. The van der Waals surface area contributed by atoms with E-state index in [0.29, 0.717) is 0 Å². The van der Waals surface area contributed by atoms with Gasteiger partial charge in [-0.05, 0) is 17.4 Å². The molecule has 0 aromatic carbocycles. The van der Waals surface area contributed by atoms with Gasteiger partial charge in [0.2, 0.25) is 0 Å². The van der Waals surface area contributed by atoms with Crippen molar-refractivity contribution in [3.63, 3.8) is 0 Å². The number of hydrogen-bond donors (Lipinski definition) is 1. The minimum Gasteiger partial charge on any atom is -0.462 e. The minimum absolute atomic E-state index is 0.0129. The van der Waals surface area contributed by atoms with Crippen LogP contribution in [0.4, 0.5) is 0 Å². The second kappa shape index (κ2) is 4.51. The smallest absolute Gasteiger partial charge is 0.327 e. The Morgan fingerprint density at radius 3 is 3.08 bits per heavy atom. The molecule has 1 N–H and O–H groups in total. The van der Waals surface area contributed by atoms with E-state index in [9.17, 15) is 4.79 Å². The number of esters is 1. The van der Waals surface area contributed by atoms with Gasteiger partial charge < -0.3 is 9.84 Å². The first-order valence-corrected chi connectivity index (χ1v) is 3.73. The molecule has 1 aromatic rings. The fraction of sp³-hybridized carbons (Fsp3) is 0.667. The van der Waals surface area contributed by atoms with Gasteiger partial charge in [-0.2, -0.15) is 0 Å². The highest BCUT2D eigenvalue weighted by atomic mass is 16.5. The largest absolute Gasteiger partial charge is 0.462 e. The van der Waals surface area contributed by atoms with E-state index in [2.05, 4.69) is 20.3 Å². The zero-order valence-corrected chi connectivity index (χ0v) is 7.12. The maximum absolute atomic E-state index is 11.0. The van der Waals surface area contributed by atoms with Crippen LogP contribution in [-0.4, -0.2) is 44.0 Å². The maximum Gasteiger partial charge on any atom is 0.327 e. The molecule has 0 fully saturated rings. The van der Waals surface area contributed by atoms with Gasteiger partial charge in [0.15, 0.2) is 0 Å². The van der Waals surface area contributed by atoms with Crippen LogP contribution in [0.3, 0.4) is 0 Å². The number of carbonyl (C=O) groups excluding carboxylic acids is 1. The van der Waals surface area contributed by atoms with Gasteiger partial charge >= 0.3 is 5.97 Å². The van der Waals surface area contributed by atoms with Crippen LogP contribution in [-0.2, 0) is 16.1 Å². The molecule has 1 heterocycles. The van der Waals surface area contributed by atoms with Crippen molar-refractivity contribution in [2.75, 3.05) is 6.61 Å². The topological polar surface area (TPSA) is 90.1 Å². The number of carbonyl (C=O) groups is 1. The van der Waals surface area contributed by atoms with Crippen LogP contribution >= 0.6 is 0 Å². The minimum atomic E-state index is -0.655. The summed E-state index contributed by atoms with van der Waals surface area (Å²) >= 11 is 0. The molecule has 1 rings (SSSR count). The first-order valence-electron chi connectivity index (χ1n) is 3.73. The molecule has 0 aliphatic rings. The van der Waals surface area contributed by atoms with E-state index >= 15 is 0 Å². The summed E-state index contributed by atoms with van der Waals surface area (Å²) in [4.78, 5) is 11.0. The summed E-state index contributed by atoms with van der Waals surface area (Å²) in [6.45, 7) is 1.48. The highest BCUT2D eigenvalue weighted by molar-refractivity contribution is 5.68. The Morgan fingerprint density at radius 2 is 2.54 bits per heavy atom. The van der Waals surface area contributed by atoms with Gasteiger partial charge in [0, 0.05) is 0 Å². The number of hydrogen-bond acceptors (Lipinski definition) is 6. The Balaban J connectivity index is 2.26. The van der Waals surface area contributed by atoms with E-state index in [1.165, 1.54) is 17.9 Å². The van der Waals surface area contributed by atoms with Crippen LogP contribution < -0.4 is 0 Å². The zero-order chi connectivity index (χ0) is 9.68. The van der Waals surface area contributed by atoms with Gasteiger partial charge in [0.1, 0.15) is 19.5 Å². The molecule has 13 heavy (non-hydrogen) atoms. The van der Waals surface area contributed by atoms with Crippen molar-refractivity contribution in [1.82, 2.24) is 20.2 Å². The molecule has 0 aliphatic heterocycles. The van der Waals surface area contributed by atoms with E-state index in [0.717, 1.165) is 0 Å². The normalized spacial score (nSPS) is 12.5. The SMILES string of the molecule is CC(O)COC(=O)Cn1cnnn1. The quantitative estimate of drug-likeness (QED) is 0.581. The summed E-state index contributed by atoms with van der Waals surface area (Å²) < 4.78 is 5.91. The van der Waals surface area contributed by atoms with Crippen molar-refractivity contribution in [3.05, 3.63) is 6.33 Å². The Labute approximate surface area is 74.3 Å². The third-order valence-corrected chi connectivity index (χ3v) is 1.17. The molecule has 0 saturated carbocycles. The highest BCUT2D eigenvalue weighted by Crippen LogP contribution is 1.87. The predicted molar refractivity (Wildman–Crippen MR) is 40.5 cm³/mol. The molecule has 7 nitrogen and oxygen atoms in total. The Kier molecular flexibility index (Phi) is 3.32. The highest BCUT2D eigenvalue weighted by Gasteiger charge is 2.06. The fourth-order valence-corrected chi connectivity index (χ4v) is 0.644. The van der Waals surface area contributed by atoms with Gasteiger partial charge in [0.05, 0.1) is 6.10 Å².